The minimum Gasteiger partial charge on any atom is -0.475 e. The number of pyridine rings is 2. The minimum absolute atomic E-state index is 0.0132. The third-order valence-corrected chi connectivity index (χ3v) is 8.31. The maximum atomic E-state index is 16.4. The maximum Gasteiger partial charge on any atom is 0.418 e. The van der Waals surface area contributed by atoms with Crippen LogP contribution in [0.5, 0.6) is 11.9 Å². The number of nitrogens with zero attached hydrogens (tertiary/aromatic N) is 6. The molecule has 3 atom stereocenters. The number of rotatable bonds is 6. The van der Waals surface area contributed by atoms with E-state index >= 15 is 4.39 Å². The van der Waals surface area contributed by atoms with Gasteiger partial charge in [0, 0.05) is 25.1 Å². The van der Waals surface area contributed by atoms with Crippen LogP contribution in [0.1, 0.15) is 37.4 Å². The number of halogens is 5. The van der Waals surface area contributed by atoms with Crippen molar-refractivity contribution in [1.82, 2.24) is 24.8 Å². The van der Waals surface area contributed by atoms with Crippen LogP contribution in [0.15, 0.2) is 6.07 Å². The summed E-state index contributed by atoms with van der Waals surface area (Å²) in [5, 5.41) is 9.80. The van der Waals surface area contributed by atoms with Crippen molar-refractivity contribution in [2.75, 3.05) is 50.1 Å². The first-order chi connectivity index (χ1) is 19.9. The Labute approximate surface area is 237 Å². The lowest BCUT2D eigenvalue weighted by atomic mass is 9.95. The molecule has 3 aliphatic heterocycles. The second-order valence-electron chi connectivity index (χ2n) is 11.1. The molecule has 6 rings (SSSR count). The molecule has 0 amide bonds. The summed E-state index contributed by atoms with van der Waals surface area (Å²) in [7, 11) is 0. The number of fused-ring (bicyclic) bond motifs is 1. The molecule has 3 aliphatic rings. The molecule has 226 valence electrons. The molecule has 42 heavy (non-hydrogen) atoms. The highest BCUT2D eigenvalue weighted by Crippen LogP contribution is 2.45. The average Bonchev–Trinajstić information content (AvgIpc) is 3.40. The van der Waals surface area contributed by atoms with Crippen molar-refractivity contribution in [2.45, 2.75) is 57.0 Å². The number of aryl methyl sites for hydroxylation is 1. The zero-order chi connectivity index (χ0) is 30.0. The molecule has 0 aliphatic carbocycles. The normalized spacial score (nSPS) is 24.1. The van der Waals surface area contributed by atoms with Gasteiger partial charge in [-0.15, -0.1) is 0 Å². The highest BCUT2D eigenvalue weighted by Gasteiger charge is 2.49. The molecule has 0 bridgehead atoms. The van der Waals surface area contributed by atoms with E-state index < -0.39 is 46.2 Å². The number of nitrogens with two attached hydrogens (primary N) is 1. The molecular weight excluding hydrogens is 565 g/mol. The van der Waals surface area contributed by atoms with Crippen molar-refractivity contribution in [2.24, 2.45) is 0 Å². The Morgan fingerprint density at radius 3 is 2.76 bits per heavy atom. The van der Waals surface area contributed by atoms with Crippen molar-refractivity contribution in [3.8, 4) is 23.1 Å². The van der Waals surface area contributed by atoms with Gasteiger partial charge < -0.3 is 25.2 Å². The van der Waals surface area contributed by atoms with Gasteiger partial charge in [-0.25, -0.2) is 18.7 Å². The van der Waals surface area contributed by atoms with Gasteiger partial charge in [0.15, 0.2) is 5.82 Å². The van der Waals surface area contributed by atoms with Crippen LogP contribution in [0.4, 0.5) is 33.6 Å². The van der Waals surface area contributed by atoms with Gasteiger partial charge in [-0.1, -0.05) is 0 Å². The molecule has 3 aromatic heterocycles. The zero-order valence-electron chi connectivity index (χ0n) is 23.0. The van der Waals surface area contributed by atoms with E-state index in [1.807, 2.05) is 4.90 Å². The number of aliphatic hydroxyl groups excluding tert-OH is 1. The first kappa shape index (κ1) is 28.5. The van der Waals surface area contributed by atoms with E-state index in [0.29, 0.717) is 13.0 Å². The predicted octanol–water partition coefficient (Wildman–Crippen LogP) is 3.67. The lowest BCUT2D eigenvalue weighted by molar-refractivity contribution is -0.137. The summed E-state index contributed by atoms with van der Waals surface area (Å²) in [5.41, 5.74) is 1.95. The Morgan fingerprint density at radius 1 is 1.24 bits per heavy atom. The summed E-state index contributed by atoms with van der Waals surface area (Å²) in [5.74, 6) is -1.43. The Balaban J connectivity index is 1.54. The van der Waals surface area contributed by atoms with Crippen LogP contribution in [0.2, 0.25) is 0 Å². The number of ether oxygens (including phenoxy) is 2. The number of hydrogen-bond acceptors (Lipinski definition) is 10. The minimum atomic E-state index is -4.89. The summed E-state index contributed by atoms with van der Waals surface area (Å²) >= 11 is 0. The van der Waals surface area contributed by atoms with Gasteiger partial charge in [0.1, 0.15) is 47.6 Å². The van der Waals surface area contributed by atoms with E-state index in [0.717, 1.165) is 26.0 Å². The van der Waals surface area contributed by atoms with Gasteiger partial charge in [-0.3, -0.25) is 4.90 Å². The third-order valence-electron chi connectivity index (χ3n) is 8.31. The number of alkyl halides is 4. The molecule has 6 heterocycles. The van der Waals surface area contributed by atoms with Crippen LogP contribution in [0.3, 0.4) is 0 Å². The van der Waals surface area contributed by atoms with Crippen molar-refractivity contribution in [1.29, 1.82) is 0 Å². The van der Waals surface area contributed by atoms with Crippen LogP contribution < -0.4 is 20.1 Å². The molecule has 0 aromatic carbocycles. The molecule has 0 spiro atoms. The molecule has 3 N–H and O–H groups in total. The fourth-order valence-corrected chi connectivity index (χ4v) is 6.48. The van der Waals surface area contributed by atoms with Crippen LogP contribution in [-0.4, -0.2) is 87.1 Å². The number of hydrogen-bond donors (Lipinski definition) is 2. The topological polar surface area (TPSA) is 123 Å². The Hall–Kier alpha value is -3.59. The van der Waals surface area contributed by atoms with Crippen LogP contribution in [0, 0.1) is 12.7 Å². The average molecular weight is 596 g/mol. The maximum absolute atomic E-state index is 16.4. The molecule has 3 aromatic rings. The van der Waals surface area contributed by atoms with Crippen molar-refractivity contribution >= 4 is 22.5 Å². The fourth-order valence-electron chi connectivity index (χ4n) is 6.48. The molecule has 2 saturated heterocycles. The lowest BCUT2D eigenvalue weighted by Crippen LogP contribution is -2.43. The van der Waals surface area contributed by atoms with E-state index in [9.17, 15) is 22.7 Å². The van der Waals surface area contributed by atoms with Gasteiger partial charge >= 0.3 is 12.2 Å². The summed E-state index contributed by atoms with van der Waals surface area (Å²) in [4.78, 5) is 20.5. The predicted molar refractivity (Wildman–Crippen MR) is 143 cm³/mol. The van der Waals surface area contributed by atoms with Crippen molar-refractivity contribution in [3.05, 3.63) is 23.1 Å². The number of aromatic nitrogens is 4. The third kappa shape index (κ3) is 4.71. The molecule has 1 unspecified atom stereocenters. The van der Waals surface area contributed by atoms with Gasteiger partial charge in [0.25, 0.3) is 0 Å². The fraction of sp³-hybridized carbons (Fsp3) is 0.556. The Kier molecular flexibility index (Phi) is 6.99. The largest absolute Gasteiger partial charge is 0.475 e. The second kappa shape index (κ2) is 10.3. The quantitative estimate of drug-likeness (QED) is 0.408. The molecular formula is C27H30F5N7O3. The smallest absolute Gasteiger partial charge is 0.418 e. The first-order valence-corrected chi connectivity index (χ1v) is 13.7. The highest BCUT2D eigenvalue weighted by atomic mass is 19.4. The monoisotopic (exact) mass is 595 g/mol. The van der Waals surface area contributed by atoms with Crippen LogP contribution in [0.25, 0.3) is 22.2 Å². The van der Waals surface area contributed by atoms with Gasteiger partial charge in [-0.05, 0) is 39.3 Å². The van der Waals surface area contributed by atoms with E-state index in [2.05, 4.69) is 19.9 Å². The van der Waals surface area contributed by atoms with E-state index in [1.165, 1.54) is 0 Å². The number of nitrogen functional groups attached to an aromatic ring is 1. The van der Waals surface area contributed by atoms with Gasteiger partial charge in [-0.2, -0.15) is 23.1 Å². The molecule has 2 fully saturated rings. The van der Waals surface area contributed by atoms with Gasteiger partial charge in [0.05, 0.1) is 29.4 Å². The Bertz CT molecular complexity index is 1540. The zero-order valence-corrected chi connectivity index (χ0v) is 23.0. The summed E-state index contributed by atoms with van der Waals surface area (Å²) in [6.45, 7) is 3.84. The summed E-state index contributed by atoms with van der Waals surface area (Å²) < 4.78 is 85.1. The number of anilines is 2. The summed E-state index contributed by atoms with van der Waals surface area (Å²) in [6.07, 6.45) is -4.02. The molecule has 15 heteroatoms. The second-order valence-corrected chi connectivity index (χ2v) is 11.1. The molecule has 0 radical (unpaired) electrons. The SMILES string of the molecule is Cc1nc(N)cc(-c2nc3c4c(nc(OC[C@@]56CCCN5CC(F)C6)nc4c2F)N(CCO)[C@@H](C)CO3)c1C(F)(F)F. The summed E-state index contributed by atoms with van der Waals surface area (Å²) in [6, 6.07) is 0.291. The number of aliphatic hydroxyl groups is 1. The van der Waals surface area contributed by atoms with Gasteiger partial charge in [0.2, 0.25) is 5.88 Å². The first-order valence-electron chi connectivity index (χ1n) is 13.7. The number of β-amino-alcohol motifs (C(OH)–C–C–N with tert-alkyl or cyclic N) is 1. The van der Waals surface area contributed by atoms with Crippen molar-refractivity contribution < 1.29 is 36.5 Å². The van der Waals surface area contributed by atoms with Crippen LogP contribution >= 0.6 is 0 Å². The van der Waals surface area contributed by atoms with E-state index in [4.69, 9.17) is 15.2 Å². The van der Waals surface area contributed by atoms with Crippen LogP contribution in [-0.2, 0) is 6.18 Å². The highest BCUT2D eigenvalue weighted by molar-refractivity contribution is 5.97. The molecule has 10 nitrogen and oxygen atoms in total. The molecule has 0 saturated carbocycles. The standard InChI is InChI=1S/C27H30F5N7O3/c1-13-11-41-24-18-22(20(29)21(35-24)16-8-17(33)34-14(2)19(16)27(30,31)32)36-25(37-23(18)39(13)6-7-40)42-12-26-4-3-5-38(26)10-15(28)9-26/h8,13,15,40H,3-7,9-12H2,1-2H3,(H2,33,34)/t13-,15?,26-/m0/s1. The lowest BCUT2D eigenvalue weighted by Gasteiger charge is -2.31. The van der Waals surface area contributed by atoms with E-state index in [-0.39, 0.29) is 73.3 Å². The Morgan fingerprint density at radius 2 is 2.02 bits per heavy atom. The van der Waals surface area contributed by atoms with Crippen molar-refractivity contribution in [3.63, 3.8) is 0 Å². The van der Waals surface area contributed by atoms with E-state index in [1.54, 1.807) is 11.8 Å².